The zero-order valence-electron chi connectivity index (χ0n) is 10.8. The summed E-state index contributed by atoms with van der Waals surface area (Å²) in [5.74, 6) is 1.12. The SMILES string of the molecule is CC(C)(C)NCc1nnc(-c2cccc(O)c2)o1. The van der Waals surface area contributed by atoms with Crippen LogP contribution in [0, 0.1) is 0 Å². The third-order valence-electron chi connectivity index (χ3n) is 2.33. The molecule has 2 rings (SSSR count). The molecule has 2 N–H and O–H groups in total. The van der Waals surface area contributed by atoms with E-state index in [1.54, 1.807) is 18.2 Å². The van der Waals surface area contributed by atoms with Gasteiger partial charge in [-0.15, -0.1) is 10.2 Å². The van der Waals surface area contributed by atoms with Crippen LogP contribution in [0.15, 0.2) is 28.7 Å². The summed E-state index contributed by atoms with van der Waals surface area (Å²) in [7, 11) is 0. The van der Waals surface area contributed by atoms with Crippen LogP contribution in [0.2, 0.25) is 0 Å². The van der Waals surface area contributed by atoms with Crippen LogP contribution in [0.5, 0.6) is 5.75 Å². The highest BCUT2D eigenvalue weighted by Gasteiger charge is 2.13. The van der Waals surface area contributed by atoms with Crippen molar-refractivity contribution in [2.45, 2.75) is 32.9 Å². The van der Waals surface area contributed by atoms with Crippen LogP contribution in [0.1, 0.15) is 26.7 Å². The number of nitrogens with one attached hydrogen (secondary N) is 1. The Balaban J connectivity index is 2.11. The van der Waals surface area contributed by atoms with E-state index in [-0.39, 0.29) is 11.3 Å². The van der Waals surface area contributed by atoms with Gasteiger partial charge in [0.15, 0.2) is 0 Å². The van der Waals surface area contributed by atoms with Gasteiger partial charge in [-0.3, -0.25) is 0 Å². The fourth-order valence-electron chi connectivity index (χ4n) is 1.42. The molecule has 1 aromatic carbocycles. The molecule has 0 aliphatic carbocycles. The minimum atomic E-state index is -0.000349. The van der Waals surface area contributed by atoms with Crippen molar-refractivity contribution < 1.29 is 9.52 Å². The van der Waals surface area contributed by atoms with Crippen molar-refractivity contribution in [3.63, 3.8) is 0 Å². The first-order chi connectivity index (χ1) is 8.44. The number of phenolic OH excluding ortho intramolecular Hbond substituents is 1. The molecular weight excluding hydrogens is 230 g/mol. The van der Waals surface area contributed by atoms with E-state index in [0.29, 0.717) is 23.9 Å². The molecule has 0 radical (unpaired) electrons. The average Bonchev–Trinajstić information content (AvgIpc) is 2.74. The maximum Gasteiger partial charge on any atom is 0.247 e. The van der Waals surface area contributed by atoms with Crippen molar-refractivity contribution in [1.29, 1.82) is 0 Å². The zero-order valence-corrected chi connectivity index (χ0v) is 10.8. The van der Waals surface area contributed by atoms with Crippen LogP contribution in [0.25, 0.3) is 11.5 Å². The standard InChI is InChI=1S/C13H17N3O2/c1-13(2,3)14-8-11-15-16-12(18-11)9-5-4-6-10(17)7-9/h4-7,14,17H,8H2,1-3H3. The number of aromatic nitrogens is 2. The molecule has 1 aromatic heterocycles. The van der Waals surface area contributed by atoms with Crippen LogP contribution in [-0.2, 0) is 6.54 Å². The van der Waals surface area contributed by atoms with Gasteiger partial charge in [0.2, 0.25) is 11.8 Å². The molecule has 5 nitrogen and oxygen atoms in total. The predicted molar refractivity (Wildman–Crippen MR) is 68.0 cm³/mol. The van der Waals surface area contributed by atoms with Gasteiger partial charge in [-0.05, 0) is 39.0 Å². The van der Waals surface area contributed by atoms with Crippen LogP contribution >= 0.6 is 0 Å². The van der Waals surface area contributed by atoms with Crippen molar-refractivity contribution in [2.24, 2.45) is 0 Å². The van der Waals surface area contributed by atoms with E-state index in [1.807, 2.05) is 6.07 Å². The number of benzene rings is 1. The molecule has 1 heterocycles. The molecule has 0 aliphatic rings. The van der Waals surface area contributed by atoms with Gasteiger partial charge in [-0.2, -0.15) is 0 Å². The molecule has 5 heteroatoms. The second-order valence-corrected chi connectivity index (χ2v) is 5.15. The maximum atomic E-state index is 9.39. The summed E-state index contributed by atoms with van der Waals surface area (Å²) in [5.41, 5.74) is 0.712. The highest BCUT2D eigenvalue weighted by atomic mass is 16.4. The lowest BCUT2D eigenvalue weighted by atomic mass is 10.1. The monoisotopic (exact) mass is 247 g/mol. The van der Waals surface area contributed by atoms with Gasteiger partial charge in [-0.25, -0.2) is 0 Å². The lowest BCUT2D eigenvalue weighted by Gasteiger charge is -2.18. The van der Waals surface area contributed by atoms with Gasteiger partial charge in [0.05, 0.1) is 6.54 Å². The first kappa shape index (κ1) is 12.6. The Morgan fingerprint density at radius 3 is 2.72 bits per heavy atom. The number of aromatic hydroxyl groups is 1. The van der Waals surface area contributed by atoms with Crippen molar-refractivity contribution in [3.05, 3.63) is 30.2 Å². The maximum absolute atomic E-state index is 9.39. The second kappa shape index (κ2) is 4.78. The molecule has 0 atom stereocenters. The Hall–Kier alpha value is -1.88. The van der Waals surface area contributed by atoms with E-state index in [4.69, 9.17) is 4.42 Å². The highest BCUT2D eigenvalue weighted by molar-refractivity contribution is 5.54. The second-order valence-electron chi connectivity index (χ2n) is 5.15. The van der Waals surface area contributed by atoms with Gasteiger partial charge >= 0.3 is 0 Å². The summed E-state index contributed by atoms with van der Waals surface area (Å²) in [4.78, 5) is 0. The number of rotatable bonds is 3. The molecule has 0 amide bonds. The lowest BCUT2D eigenvalue weighted by Crippen LogP contribution is -2.35. The molecule has 0 saturated heterocycles. The molecule has 0 bridgehead atoms. The van der Waals surface area contributed by atoms with Crippen LogP contribution in [0.4, 0.5) is 0 Å². The summed E-state index contributed by atoms with van der Waals surface area (Å²) < 4.78 is 5.52. The molecular formula is C13H17N3O2. The number of nitrogens with zero attached hydrogens (tertiary/aromatic N) is 2. The third kappa shape index (κ3) is 3.30. The molecule has 0 fully saturated rings. The van der Waals surface area contributed by atoms with Gasteiger partial charge < -0.3 is 14.8 Å². The zero-order chi connectivity index (χ0) is 13.2. The van der Waals surface area contributed by atoms with Crippen molar-refractivity contribution in [2.75, 3.05) is 0 Å². The van der Waals surface area contributed by atoms with Crippen molar-refractivity contribution in [1.82, 2.24) is 15.5 Å². The Labute approximate surface area is 106 Å². The van der Waals surface area contributed by atoms with Gasteiger partial charge in [0.1, 0.15) is 5.75 Å². The minimum Gasteiger partial charge on any atom is -0.508 e. The van der Waals surface area contributed by atoms with E-state index in [2.05, 4.69) is 36.3 Å². The Bertz CT molecular complexity index is 529. The van der Waals surface area contributed by atoms with Crippen LogP contribution < -0.4 is 5.32 Å². The quantitative estimate of drug-likeness (QED) is 0.871. The first-order valence-electron chi connectivity index (χ1n) is 5.81. The van der Waals surface area contributed by atoms with E-state index < -0.39 is 0 Å². The number of hydrogen-bond donors (Lipinski definition) is 2. The largest absolute Gasteiger partial charge is 0.508 e. The van der Waals surface area contributed by atoms with Crippen LogP contribution in [-0.4, -0.2) is 20.8 Å². The topological polar surface area (TPSA) is 71.2 Å². The molecule has 0 unspecified atom stereocenters. The minimum absolute atomic E-state index is 0.000349. The Morgan fingerprint density at radius 1 is 1.28 bits per heavy atom. The molecule has 18 heavy (non-hydrogen) atoms. The molecule has 2 aromatic rings. The smallest absolute Gasteiger partial charge is 0.247 e. The molecule has 96 valence electrons. The van der Waals surface area contributed by atoms with Gasteiger partial charge in [0.25, 0.3) is 0 Å². The Morgan fingerprint density at radius 2 is 2.06 bits per heavy atom. The number of hydrogen-bond acceptors (Lipinski definition) is 5. The fourth-order valence-corrected chi connectivity index (χ4v) is 1.42. The first-order valence-corrected chi connectivity index (χ1v) is 5.81. The normalized spacial score (nSPS) is 11.7. The lowest BCUT2D eigenvalue weighted by molar-refractivity contribution is 0.383. The van der Waals surface area contributed by atoms with Crippen molar-refractivity contribution in [3.8, 4) is 17.2 Å². The summed E-state index contributed by atoms with van der Waals surface area (Å²) in [6.07, 6.45) is 0. The fraction of sp³-hybridized carbons (Fsp3) is 0.385. The summed E-state index contributed by atoms with van der Waals surface area (Å²) in [6, 6.07) is 6.74. The van der Waals surface area contributed by atoms with E-state index in [0.717, 1.165) is 0 Å². The summed E-state index contributed by atoms with van der Waals surface area (Å²) >= 11 is 0. The van der Waals surface area contributed by atoms with E-state index in [1.165, 1.54) is 0 Å². The Kier molecular flexibility index (Phi) is 3.34. The highest BCUT2D eigenvalue weighted by Crippen LogP contribution is 2.21. The average molecular weight is 247 g/mol. The van der Waals surface area contributed by atoms with E-state index >= 15 is 0 Å². The van der Waals surface area contributed by atoms with Gasteiger partial charge in [-0.1, -0.05) is 6.07 Å². The van der Waals surface area contributed by atoms with Gasteiger partial charge in [0, 0.05) is 11.1 Å². The molecule has 0 spiro atoms. The summed E-state index contributed by atoms with van der Waals surface area (Å²) in [6.45, 7) is 6.73. The van der Waals surface area contributed by atoms with E-state index in [9.17, 15) is 5.11 Å². The molecule has 0 saturated carbocycles. The van der Waals surface area contributed by atoms with Crippen molar-refractivity contribution >= 4 is 0 Å². The summed E-state index contributed by atoms with van der Waals surface area (Å²) in [5, 5.41) is 20.6. The van der Waals surface area contributed by atoms with Crippen LogP contribution in [0.3, 0.4) is 0 Å². The third-order valence-corrected chi connectivity index (χ3v) is 2.33. The molecule has 0 aliphatic heterocycles. The number of phenols is 1. The predicted octanol–water partition coefficient (Wildman–Crippen LogP) is 2.33.